The Morgan fingerprint density at radius 3 is 2.94 bits per heavy atom. The number of ether oxygens (including phenoxy) is 1. The van der Waals surface area contributed by atoms with E-state index in [1.807, 2.05) is 12.1 Å². The molecular weight excluding hydrogens is 216 g/mol. The number of nitrogens with zero attached hydrogens (tertiary/aromatic N) is 1. The van der Waals surface area contributed by atoms with Gasteiger partial charge in [0.2, 0.25) is 5.88 Å². The third-order valence-corrected chi connectivity index (χ3v) is 3.11. The van der Waals surface area contributed by atoms with Gasteiger partial charge in [0.05, 0.1) is 6.61 Å². The van der Waals surface area contributed by atoms with Gasteiger partial charge in [0, 0.05) is 24.2 Å². The molecule has 1 aromatic carbocycles. The van der Waals surface area contributed by atoms with Crippen LogP contribution in [0.15, 0.2) is 34.9 Å². The molecule has 1 fully saturated rings. The Morgan fingerprint density at radius 1 is 1.29 bits per heavy atom. The minimum Gasteiger partial charge on any atom is -0.381 e. The van der Waals surface area contributed by atoms with Gasteiger partial charge < -0.3 is 15.0 Å². The van der Waals surface area contributed by atoms with E-state index in [-0.39, 0.29) is 0 Å². The van der Waals surface area contributed by atoms with E-state index in [2.05, 4.69) is 17.3 Å². The summed E-state index contributed by atoms with van der Waals surface area (Å²) in [6, 6.07) is 10.1. The molecule has 0 aliphatic carbocycles. The minimum absolute atomic E-state index is 0.342. The summed E-state index contributed by atoms with van der Waals surface area (Å²) in [5.41, 5.74) is 8.64. The Hall–Kier alpha value is -1.81. The monoisotopic (exact) mass is 230 g/mol. The van der Waals surface area contributed by atoms with Gasteiger partial charge in [0.1, 0.15) is 5.69 Å². The first-order valence-corrected chi connectivity index (χ1v) is 5.73. The summed E-state index contributed by atoms with van der Waals surface area (Å²) in [6.07, 6.45) is 1.09. The van der Waals surface area contributed by atoms with Crippen molar-refractivity contribution in [2.24, 2.45) is 0 Å². The first-order valence-electron chi connectivity index (χ1n) is 5.73. The topological polar surface area (TPSA) is 61.3 Å². The van der Waals surface area contributed by atoms with Gasteiger partial charge in [0.25, 0.3) is 0 Å². The number of anilines is 1. The normalized spacial score (nSPS) is 19.6. The molecule has 1 saturated heterocycles. The van der Waals surface area contributed by atoms with Crippen molar-refractivity contribution < 1.29 is 9.26 Å². The Morgan fingerprint density at radius 2 is 2.24 bits per heavy atom. The molecular formula is C13H14N2O2. The minimum atomic E-state index is 0.342. The van der Waals surface area contributed by atoms with E-state index in [0.717, 1.165) is 30.9 Å². The fraction of sp³-hybridized carbons (Fsp3) is 0.308. The highest BCUT2D eigenvalue weighted by Gasteiger charge is 2.18. The molecule has 2 heterocycles. The fourth-order valence-corrected chi connectivity index (χ4v) is 2.17. The van der Waals surface area contributed by atoms with E-state index in [1.54, 1.807) is 6.07 Å². The molecule has 1 unspecified atom stereocenters. The van der Waals surface area contributed by atoms with Crippen LogP contribution in [0.5, 0.6) is 0 Å². The van der Waals surface area contributed by atoms with Crippen molar-refractivity contribution in [3.63, 3.8) is 0 Å². The van der Waals surface area contributed by atoms with Crippen LogP contribution in [0.3, 0.4) is 0 Å². The summed E-state index contributed by atoms with van der Waals surface area (Å²) >= 11 is 0. The van der Waals surface area contributed by atoms with Crippen LogP contribution in [0, 0.1) is 0 Å². The molecule has 17 heavy (non-hydrogen) atoms. The highest BCUT2D eigenvalue weighted by atomic mass is 16.5. The van der Waals surface area contributed by atoms with Crippen molar-refractivity contribution in [2.75, 3.05) is 18.9 Å². The zero-order chi connectivity index (χ0) is 11.7. The second-order valence-corrected chi connectivity index (χ2v) is 4.30. The quantitative estimate of drug-likeness (QED) is 0.860. The number of hydrogen-bond donors (Lipinski definition) is 1. The van der Waals surface area contributed by atoms with E-state index in [9.17, 15) is 0 Å². The maximum absolute atomic E-state index is 5.53. The fourth-order valence-electron chi connectivity index (χ4n) is 2.17. The lowest BCUT2D eigenvalue weighted by Crippen LogP contribution is -1.97. The van der Waals surface area contributed by atoms with Crippen molar-refractivity contribution in [1.82, 2.24) is 5.16 Å². The van der Waals surface area contributed by atoms with Gasteiger partial charge in [-0.25, -0.2) is 0 Å². The molecule has 3 rings (SSSR count). The smallest absolute Gasteiger partial charge is 0.222 e. The van der Waals surface area contributed by atoms with Crippen LogP contribution in [0.2, 0.25) is 0 Å². The average Bonchev–Trinajstić information content (AvgIpc) is 3.00. The lowest BCUT2D eigenvalue weighted by atomic mass is 9.96. The largest absolute Gasteiger partial charge is 0.381 e. The first-order chi connectivity index (χ1) is 8.33. The van der Waals surface area contributed by atoms with Crippen LogP contribution in [0.1, 0.15) is 17.9 Å². The van der Waals surface area contributed by atoms with Gasteiger partial charge in [-0.3, -0.25) is 0 Å². The molecule has 4 nitrogen and oxygen atoms in total. The summed E-state index contributed by atoms with van der Waals surface area (Å²) in [5, 5.41) is 3.92. The zero-order valence-electron chi connectivity index (χ0n) is 9.43. The molecule has 4 heteroatoms. The van der Waals surface area contributed by atoms with Crippen LogP contribution in [0.25, 0.3) is 11.3 Å². The third kappa shape index (κ3) is 2.03. The van der Waals surface area contributed by atoms with Gasteiger partial charge in [-0.2, -0.15) is 0 Å². The Labute approximate surface area is 99.4 Å². The molecule has 2 N–H and O–H groups in total. The number of rotatable bonds is 2. The van der Waals surface area contributed by atoms with E-state index in [0.29, 0.717) is 11.8 Å². The molecule has 1 aromatic heterocycles. The average molecular weight is 230 g/mol. The second-order valence-electron chi connectivity index (χ2n) is 4.30. The maximum atomic E-state index is 5.53. The number of hydrogen-bond acceptors (Lipinski definition) is 4. The summed E-state index contributed by atoms with van der Waals surface area (Å²) in [6.45, 7) is 1.66. The first kappa shape index (κ1) is 10.4. The zero-order valence-corrected chi connectivity index (χ0v) is 9.43. The van der Waals surface area contributed by atoms with Crippen molar-refractivity contribution in [3.05, 3.63) is 35.9 Å². The Bertz CT molecular complexity index is 516. The molecule has 0 spiro atoms. The Balaban J connectivity index is 1.93. The van der Waals surface area contributed by atoms with Gasteiger partial charge in [-0.1, -0.05) is 23.4 Å². The van der Waals surface area contributed by atoms with E-state index >= 15 is 0 Å². The van der Waals surface area contributed by atoms with Crippen molar-refractivity contribution in [3.8, 4) is 11.3 Å². The van der Waals surface area contributed by atoms with E-state index in [1.165, 1.54) is 5.56 Å². The molecule has 0 saturated carbocycles. The van der Waals surface area contributed by atoms with Crippen LogP contribution < -0.4 is 5.73 Å². The second kappa shape index (κ2) is 4.22. The third-order valence-electron chi connectivity index (χ3n) is 3.11. The predicted octanol–water partition coefficient (Wildman–Crippen LogP) is 2.43. The summed E-state index contributed by atoms with van der Waals surface area (Å²) in [5.74, 6) is 0.841. The summed E-state index contributed by atoms with van der Waals surface area (Å²) in [4.78, 5) is 0. The standard InChI is InChI=1S/C13H14N2O2/c14-13-7-12(15-17-13)10-3-1-2-9(6-10)11-4-5-16-8-11/h1-3,6-7,11H,4-5,8,14H2. The van der Waals surface area contributed by atoms with Crippen molar-refractivity contribution >= 4 is 5.88 Å². The molecule has 0 bridgehead atoms. The SMILES string of the molecule is Nc1cc(-c2cccc(C3CCOC3)c2)no1. The molecule has 1 atom stereocenters. The Kier molecular flexibility index (Phi) is 2.57. The van der Waals surface area contributed by atoms with Crippen LogP contribution in [-0.2, 0) is 4.74 Å². The van der Waals surface area contributed by atoms with E-state index < -0.39 is 0 Å². The molecule has 1 aliphatic rings. The molecule has 1 aliphatic heterocycles. The molecule has 2 aromatic rings. The number of benzene rings is 1. The van der Waals surface area contributed by atoms with Gasteiger partial charge in [-0.15, -0.1) is 0 Å². The van der Waals surface area contributed by atoms with Gasteiger partial charge in [0.15, 0.2) is 0 Å². The lowest BCUT2D eigenvalue weighted by Gasteiger charge is -2.08. The molecule has 88 valence electrons. The summed E-state index contributed by atoms with van der Waals surface area (Å²) < 4.78 is 10.3. The van der Waals surface area contributed by atoms with Gasteiger partial charge in [-0.05, 0) is 18.1 Å². The highest BCUT2D eigenvalue weighted by Crippen LogP contribution is 2.29. The highest BCUT2D eigenvalue weighted by molar-refractivity contribution is 5.62. The van der Waals surface area contributed by atoms with Gasteiger partial charge >= 0.3 is 0 Å². The number of nitrogens with two attached hydrogens (primary N) is 1. The summed E-state index contributed by atoms with van der Waals surface area (Å²) in [7, 11) is 0. The van der Waals surface area contributed by atoms with Crippen molar-refractivity contribution in [1.29, 1.82) is 0 Å². The van der Waals surface area contributed by atoms with Crippen LogP contribution in [-0.4, -0.2) is 18.4 Å². The number of nitrogen functional groups attached to an aromatic ring is 1. The van der Waals surface area contributed by atoms with Crippen LogP contribution >= 0.6 is 0 Å². The predicted molar refractivity (Wildman–Crippen MR) is 64.5 cm³/mol. The molecule has 0 amide bonds. The molecule has 0 radical (unpaired) electrons. The maximum Gasteiger partial charge on any atom is 0.222 e. The van der Waals surface area contributed by atoms with Crippen LogP contribution in [0.4, 0.5) is 5.88 Å². The lowest BCUT2D eigenvalue weighted by molar-refractivity contribution is 0.194. The van der Waals surface area contributed by atoms with E-state index in [4.69, 9.17) is 15.0 Å². The number of aromatic nitrogens is 1. The van der Waals surface area contributed by atoms with Crippen molar-refractivity contribution in [2.45, 2.75) is 12.3 Å².